The van der Waals surface area contributed by atoms with Gasteiger partial charge >= 0.3 is 12.0 Å². The molecule has 0 bridgehead atoms. The van der Waals surface area contributed by atoms with Gasteiger partial charge in [0.2, 0.25) is 0 Å². The Balaban J connectivity index is 1.97. The van der Waals surface area contributed by atoms with Crippen LogP contribution >= 0.6 is 0 Å². The Morgan fingerprint density at radius 1 is 1.24 bits per heavy atom. The van der Waals surface area contributed by atoms with Gasteiger partial charge < -0.3 is 24.6 Å². The van der Waals surface area contributed by atoms with Crippen molar-refractivity contribution in [1.82, 2.24) is 14.9 Å². The summed E-state index contributed by atoms with van der Waals surface area (Å²) in [5.41, 5.74) is 3.69. The summed E-state index contributed by atoms with van der Waals surface area (Å²) in [5.74, 6) is -1.10. The molecule has 1 aromatic heterocycles. The van der Waals surface area contributed by atoms with Crippen LogP contribution in [0.2, 0.25) is 0 Å². The second kappa shape index (κ2) is 12.5. The first-order valence-corrected chi connectivity index (χ1v) is 11.4. The molecule has 9 nitrogen and oxygen atoms in total. The third kappa shape index (κ3) is 6.86. The van der Waals surface area contributed by atoms with Crippen molar-refractivity contribution in [2.75, 3.05) is 51.9 Å². The lowest BCUT2D eigenvalue weighted by Gasteiger charge is -2.35. The van der Waals surface area contributed by atoms with Crippen molar-refractivity contribution >= 4 is 17.3 Å². The van der Waals surface area contributed by atoms with Crippen molar-refractivity contribution in [3.63, 3.8) is 0 Å². The van der Waals surface area contributed by atoms with Crippen LogP contribution in [0.5, 0.6) is 6.01 Å². The summed E-state index contributed by atoms with van der Waals surface area (Å²) in [5, 5.41) is 12.8. The van der Waals surface area contributed by atoms with E-state index >= 15 is 0 Å². The summed E-state index contributed by atoms with van der Waals surface area (Å²) in [6, 6.07) is 6.68. The van der Waals surface area contributed by atoms with Gasteiger partial charge in [0.1, 0.15) is 0 Å². The molecule has 0 aliphatic carbocycles. The van der Waals surface area contributed by atoms with Gasteiger partial charge in [-0.1, -0.05) is 19.1 Å². The number of carboxylic acids is 1. The molecule has 0 amide bonds. The Morgan fingerprint density at radius 3 is 2.58 bits per heavy atom. The molecule has 3 rings (SSSR count). The number of hydrogen-bond donors (Lipinski definition) is 2. The second-order valence-electron chi connectivity index (χ2n) is 7.98. The summed E-state index contributed by atoms with van der Waals surface area (Å²) >= 11 is 0. The van der Waals surface area contributed by atoms with Gasteiger partial charge in [0, 0.05) is 37.8 Å². The summed E-state index contributed by atoms with van der Waals surface area (Å²) in [7, 11) is 1.59. The largest absolute Gasteiger partial charge is 0.481 e. The number of rotatable bonds is 12. The number of morpholine rings is 1. The predicted molar refractivity (Wildman–Crippen MR) is 125 cm³/mol. The summed E-state index contributed by atoms with van der Waals surface area (Å²) in [4.78, 5) is 22.4. The molecule has 2 heterocycles. The van der Waals surface area contributed by atoms with Gasteiger partial charge in [0.25, 0.3) is 0 Å². The zero-order chi connectivity index (χ0) is 23.6. The van der Waals surface area contributed by atoms with Crippen molar-refractivity contribution in [1.29, 1.82) is 0 Å². The van der Waals surface area contributed by atoms with Crippen LogP contribution in [-0.2, 0) is 14.3 Å². The van der Waals surface area contributed by atoms with E-state index in [0.717, 1.165) is 55.2 Å². The van der Waals surface area contributed by atoms with E-state index in [9.17, 15) is 9.90 Å². The van der Waals surface area contributed by atoms with Crippen molar-refractivity contribution in [3.8, 4) is 6.01 Å². The number of aliphatic carboxylic acids is 1. The smallest absolute Gasteiger partial charge is 0.316 e. The highest BCUT2D eigenvalue weighted by Gasteiger charge is 2.25. The van der Waals surface area contributed by atoms with Crippen molar-refractivity contribution in [3.05, 3.63) is 41.7 Å². The maximum atomic E-state index is 11.4. The number of methoxy groups -OCH3 is 1. The van der Waals surface area contributed by atoms with Crippen LogP contribution in [0.25, 0.3) is 0 Å². The van der Waals surface area contributed by atoms with Crippen LogP contribution in [0.1, 0.15) is 49.8 Å². The Hall–Kier alpha value is -2.75. The lowest BCUT2D eigenvalue weighted by Crippen LogP contribution is -2.39. The Kier molecular flexibility index (Phi) is 9.41. The van der Waals surface area contributed by atoms with Gasteiger partial charge in [0.15, 0.2) is 0 Å². The molecule has 2 unspecified atom stereocenters. The van der Waals surface area contributed by atoms with E-state index in [4.69, 9.17) is 14.2 Å². The maximum Gasteiger partial charge on any atom is 0.316 e. The molecule has 1 fully saturated rings. The third-order valence-electron chi connectivity index (χ3n) is 5.75. The SMILES string of the molecule is CCOc1ncc(Nc2cc(C(COC)CC(=O)O)ccc2C(CC)N2CCOCC2)cn1. The molecular weight excluding hydrogens is 424 g/mol. The van der Waals surface area contributed by atoms with E-state index in [1.165, 1.54) is 0 Å². The van der Waals surface area contributed by atoms with E-state index in [1.54, 1.807) is 19.5 Å². The van der Waals surface area contributed by atoms with Gasteiger partial charge in [-0.15, -0.1) is 0 Å². The van der Waals surface area contributed by atoms with E-state index in [-0.39, 0.29) is 18.4 Å². The lowest BCUT2D eigenvalue weighted by molar-refractivity contribution is -0.137. The molecule has 0 spiro atoms. The monoisotopic (exact) mass is 458 g/mol. The summed E-state index contributed by atoms with van der Waals surface area (Å²) < 4.78 is 16.2. The molecule has 0 saturated carbocycles. The minimum Gasteiger partial charge on any atom is -0.481 e. The lowest BCUT2D eigenvalue weighted by atomic mass is 9.91. The number of carbonyl (C=O) groups is 1. The molecular formula is C24H34N4O5. The van der Waals surface area contributed by atoms with E-state index in [1.807, 2.05) is 19.1 Å². The Labute approximate surface area is 195 Å². The molecule has 1 aliphatic rings. The van der Waals surface area contributed by atoms with Crippen molar-refractivity contribution < 1.29 is 24.1 Å². The first-order valence-electron chi connectivity index (χ1n) is 11.4. The number of benzene rings is 1. The zero-order valence-electron chi connectivity index (χ0n) is 19.6. The quantitative estimate of drug-likeness (QED) is 0.493. The molecule has 2 aromatic rings. The van der Waals surface area contributed by atoms with Crippen LogP contribution in [0.15, 0.2) is 30.6 Å². The molecule has 9 heteroatoms. The van der Waals surface area contributed by atoms with E-state index in [2.05, 4.69) is 33.2 Å². The highest BCUT2D eigenvalue weighted by molar-refractivity contribution is 5.69. The predicted octanol–water partition coefficient (Wildman–Crippen LogP) is 3.61. The zero-order valence-corrected chi connectivity index (χ0v) is 19.6. The fraction of sp³-hybridized carbons (Fsp3) is 0.542. The van der Waals surface area contributed by atoms with E-state index < -0.39 is 5.97 Å². The molecule has 1 aromatic carbocycles. The molecule has 1 aliphatic heterocycles. The van der Waals surface area contributed by atoms with Gasteiger partial charge in [-0.05, 0) is 30.5 Å². The molecule has 2 atom stereocenters. The second-order valence-corrected chi connectivity index (χ2v) is 7.98. The number of nitrogens with one attached hydrogen (secondary N) is 1. The Bertz CT molecular complexity index is 887. The molecule has 33 heavy (non-hydrogen) atoms. The first-order chi connectivity index (χ1) is 16.0. The number of aromatic nitrogens is 2. The molecule has 1 saturated heterocycles. The fourth-order valence-electron chi connectivity index (χ4n) is 4.22. The van der Waals surface area contributed by atoms with Gasteiger partial charge in [0.05, 0.1) is 50.9 Å². The molecule has 2 N–H and O–H groups in total. The van der Waals surface area contributed by atoms with Crippen LogP contribution in [0, 0.1) is 0 Å². The normalized spacial score (nSPS) is 16.2. The average molecular weight is 459 g/mol. The van der Waals surface area contributed by atoms with Crippen molar-refractivity contribution in [2.45, 2.75) is 38.6 Å². The number of hydrogen-bond acceptors (Lipinski definition) is 8. The van der Waals surface area contributed by atoms with Gasteiger partial charge in [-0.3, -0.25) is 9.69 Å². The summed E-state index contributed by atoms with van der Waals surface area (Å²) in [6.45, 7) is 8.08. The number of nitrogens with zero attached hydrogens (tertiary/aromatic N) is 3. The van der Waals surface area contributed by atoms with Crippen LogP contribution in [0.4, 0.5) is 11.4 Å². The topological polar surface area (TPSA) is 106 Å². The van der Waals surface area contributed by atoms with E-state index in [0.29, 0.717) is 19.2 Å². The number of anilines is 2. The van der Waals surface area contributed by atoms with Crippen LogP contribution in [0.3, 0.4) is 0 Å². The third-order valence-corrected chi connectivity index (χ3v) is 5.75. The number of ether oxygens (including phenoxy) is 3. The molecule has 180 valence electrons. The fourth-order valence-corrected chi connectivity index (χ4v) is 4.22. The average Bonchev–Trinajstić information content (AvgIpc) is 2.82. The Morgan fingerprint density at radius 2 is 1.97 bits per heavy atom. The van der Waals surface area contributed by atoms with Gasteiger partial charge in [-0.2, -0.15) is 0 Å². The van der Waals surface area contributed by atoms with Crippen LogP contribution in [-0.4, -0.2) is 72.6 Å². The highest BCUT2D eigenvalue weighted by atomic mass is 16.5. The minimum absolute atomic E-state index is 0.000534. The van der Waals surface area contributed by atoms with Crippen molar-refractivity contribution in [2.24, 2.45) is 0 Å². The minimum atomic E-state index is -0.852. The maximum absolute atomic E-state index is 11.4. The van der Waals surface area contributed by atoms with Gasteiger partial charge in [-0.25, -0.2) is 9.97 Å². The van der Waals surface area contributed by atoms with Crippen LogP contribution < -0.4 is 10.1 Å². The standard InChI is InChI=1S/C24H34N4O5/c1-4-22(28-8-10-32-11-9-28)20-7-6-17(18(16-31-3)13-23(29)30)12-21(20)27-19-14-25-24(26-15-19)33-5-2/h6-7,12,14-15,18,22,27H,4-5,8-11,13,16H2,1-3H3,(H,29,30). The number of carboxylic acid groups (broad SMARTS) is 1. The highest BCUT2D eigenvalue weighted by Crippen LogP contribution is 2.35. The summed E-state index contributed by atoms with van der Waals surface area (Å²) in [6.07, 6.45) is 4.31. The first kappa shape index (κ1) is 24.9. The molecule has 0 radical (unpaired) electrons.